The van der Waals surface area contributed by atoms with Gasteiger partial charge in [-0.25, -0.2) is 9.78 Å². The lowest BCUT2D eigenvalue weighted by molar-refractivity contribution is 0.0728. The highest BCUT2D eigenvalue weighted by Crippen LogP contribution is 2.21. The van der Waals surface area contributed by atoms with Crippen LogP contribution >= 0.6 is 0 Å². The van der Waals surface area contributed by atoms with Crippen LogP contribution in [0.1, 0.15) is 26.4 Å². The molecule has 0 spiro atoms. The van der Waals surface area contributed by atoms with E-state index in [9.17, 15) is 9.59 Å². The van der Waals surface area contributed by atoms with Crippen molar-refractivity contribution in [3.8, 4) is 5.75 Å². The Hall–Kier alpha value is -3.47. The molecule has 0 saturated carbocycles. The normalized spacial score (nSPS) is 10.2. The van der Waals surface area contributed by atoms with Gasteiger partial charge in [0.25, 0.3) is 5.91 Å². The maximum absolute atomic E-state index is 12.5. The number of rotatable bonds is 4. The van der Waals surface area contributed by atoms with Gasteiger partial charge in [-0.1, -0.05) is 23.8 Å². The molecule has 0 fully saturated rings. The second kappa shape index (κ2) is 7.61. The molecule has 1 heterocycles. The van der Waals surface area contributed by atoms with E-state index in [-0.39, 0.29) is 11.6 Å². The minimum atomic E-state index is -0.526. The second-order valence-electron chi connectivity index (χ2n) is 5.83. The highest BCUT2D eigenvalue weighted by molar-refractivity contribution is 6.05. The summed E-state index contributed by atoms with van der Waals surface area (Å²) in [5.41, 5.74) is 2.66. The minimum Gasteiger partial charge on any atom is -0.422 e. The second-order valence-corrected chi connectivity index (χ2v) is 5.83. The molecule has 2 aromatic carbocycles. The molecule has 0 aliphatic heterocycles. The van der Waals surface area contributed by atoms with Crippen LogP contribution in [0.3, 0.4) is 0 Å². The third kappa shape index (κ3) is 3.95. The monoisotopic (exact) mass is 346 g/mol. The molecule has 5 nitrogen and oxygen atoms in total. The Morgan fingerprint density at radius 1 is 0.923 bits per heavy atom. The number of benzene rings is 2. The van der Waals surface area contributed by atoms with Crippen LogP contribution in [-0.4, -0.2) is 23.9 Å². The molecule has 0 unspecified atom stereocenters. The average molecular weight is 346 g/mol. The number of amides is 1. The molecule has 0 N–H and O–H groups in total. The van der Waals surface area contributed by atoms with E-state index >= 15 is 0 Å². The number of nitrogens with zero attached hydrogens (tertiary/aromatic N) is 2. The molecule has 0 saturated heterocycles. The van der Waals surface area contributed by atoms with Crippen molar-refractivity contribution in [2.45, 2.75) is 6.92 Å². The lowest BCUT2D eigenvalue weighted by Crippen LogP contribution is -2.26. The standard InChI is InChI=1S/C21H18N2O3/c1-15-6-8-16(9-7-15)20(24)23(2)17-10-12-18(13-11-17)26-21(25)19-5-3-4-14-22-19/h3-14H,1-2H3. The Morgan fingerprint density at radius 2 is 1.62 bits per heavy atom. The van der Waals surface area contributed by atoms with Crippen molar-refractivity contribution >= 4 is 17.6 Å². The van der Waals surface area contributed by atoms with Crippen molar-refractivity contribution in [2.75, 3.05) is 11.9 Å². The molecule has 130 valence electrons. The van der Waals surface area contributed by atoms with Gasteiger partial charge in [0.05, 0.1) is 0 Å². The summed E-state index contributed by atoms with van der Waals surface area (Å²) in [6.07, 6.45) is 1.53. The van der Waals surface area contributed by atoms with Crippen LogP contribution in [0.25, 0.3) is 0 Å². The van der Waals surface area contributed by atoms with Crippen molar-refractivity contribution in [3.05, 3.63) is 89.7 Å². The van der Waals surface area contributed by atoms with Gasteiger partial charge in [0.2, 0.25) is 0 Å². The van der Waals surface area contributed by atoms with Crippen LogP contribution < -0.4 is 9.64 Å². The molecule has 0 aliphatic rings. The minimum absolute atomic E-state index is 0.108. The van der Waals surface area contributed by atoms with E-state index in [0.717, 1.165) is 5.56 Å². The zero-order valence-corrected chi connectivity index (χ0v) is 14.5. The third-order valence-electron chi connectivity index (χ3n) is 3.91. The van der Waals surface area contributed by atoms with E-state index in [0.29, 0.717) is 17.0 Å². The summed E-state index contributed by atoms with van der Waals surface area (Å²) < 4.78 is 5.29. The van der Waals surface area contributed by atoms with Gasteiger partial charge in [-0.2, -0.15) is 0 Å². The molecule has 5 heteroatoms. The molecule has 26 heavy (non-hydrogen) atoms. The molecule has 0 aliphatic carbocycles. The van der Waals surface area contributed by atoms with Crippen LogP contribution in [0.15, 0.2) is 72.9 Å². The number of ether oxygens (including phenoxy) is 1. The van der Waals surface area contributed by atoms with Crippen molar-refractivity contribution in [1.29, 1.82) is 0 Å². The SMILES string of the molecule is Cc1ccc(C(=O)N(C)c2ccc(OC(=O)c3ccccn3)cc2)cc1. The van der Waals surface area contributed by atoms with Crippen molar-refractivity contribution < 1.29 is 14.3 Å². The first-order chi connectivity index (χ1) is 12.5. The number of aromatic nitrogens is 1. The summed E-state index contributed by atoms with van der Waals surface area (Å²) in [6.45, 7) is 1.98. The molecule has 0 atom stereocenters. The van der Waals surface area contributed by atoms with Gasteiger partial charge in [-0.15, -0.1) is 0 Å². The number of aryl methyl sites for hydroxylation is 1. The molecule has 3 rings (SSSR count). The average Bonchev–Trinajstić information content (AvgIpc) is 2.69. The summed E-state index contributed by atoms with van der Waals surface area (Å²) in [5, 5.41) is 0. The summed E-state index contributed by atoms with van der Waals surface area (Å²) in [4.78, 5) is 30.0. The molecule has 1 amide bonds. The Morgan fingerprint density at radius 3 is 2.23 bits per heavy atom. The summed E-state index contributed by atoms with van der Waals surface area (Å²) in [5.74, 6) is -0.244. The number of hydrogen-bond donors (Lipinski definition) is 0. The first kappa shape index (κ1) is 17.4. The largest absolute Gasteiger partial charge is 0.422 e. The fourth-order valence-corrected chi connectivity index (χ4v) is 2.39. The summed E-state index contributed by atoms with van der Waals surface area (Å²) >= 11 is 0. The number of hydrogen-bond acceptors (Lipinski definition) is 4. The Kier molecular flexibility index (Phi) is 5.08. The van der Waals surface area contributed by atoms with Crippen LogP contribution in [0.5, 0.6) is 5.75 Å². The lowest BCUT2D eigenvalue weighted by atomic mass is 10.1. The van der Waals surface area contributed by atoms with Gasteiger partial charge >= 0.3 is 5.97 Å². The van der Waals surface area contributed by atoms with Gasteiger partial charge < -0.3 is 9.64 Å². The number of anilines is 1. The van der Waals surface area contributed by atoms with E-state index in [4.69, 9.17) is 4.74 Å². The predicted octanol–water partition coefficient (Wildman–Crippen LogP) is 3.89. The number of pyridine rings is 1. The van der Waals surface area contributed by atoms with E-state index in [1.165, 1.54) is 6.20 Å². The quantitative estimate of drug-likeness (QED) is 0.531. The fraction of sp³-hybridized carbons (Fsp3) is 0.0952. The fourth-order valence-electron chi connectivity index (χ4n) is 2.39. The van der Waals surface area contributed by atoms with Gasteiger partial charge in [0, 0.05) is 24.5 Å². The van der Waals surface area contributed by atoms with Crippen LogP contribution in [0.4, 0.5) is 5.69 Å². The zero-order valence-electron chi connectivity index (χ0n) is 14.5. The van der Waals surface area contributed by atoms with Gasteiger partial charge in [-0.3, -0.25) is 4.79 Å². The molecule has 0 bridgehead atoms. The maximum atomic E-state index is 12.5. The number of carbonyl (C=O) groups is 2. The topological polar surface area (TPSA) is 59.5 Å². The first-order valence-corrected chi connectivity index (χ1v) is 8.12. The molecular weight excluding hydrogens is 328 g/mol. The van der Waals surface area contributed by atoms with E-state index in [1.54, 1.807) is 66.5 Å². The Labute approximate surface area is 151 Å². The third-order valence-corrected chi connectivity index (χ3v) is 3.91. The van der Waals surface area contributed by atoms with Crippen molar-refractivity contribution in [2.24, 2.45) is 0 Å². The van der Waals surface area contributed by atoms with Gasteiger partial charge in [-0.05, 0) is 55.5 Å². The van der Waals surface area contributed by atoms with Crippen LogP contribution in [-0.2, 0) is 0 Å². The molecule has 3 aromatic rings. The van der Waals surface area contributed by atoms with Crippen LogP contribution in [0.2, 0.25) is 0 Å². The highest BCUT2D eigenvalue weighted by Gasteiger charge is 2.14. The van der Waals surface area contributed by atoms with Crippen molar-refractivity contribution in [3.63, 3.8) is 0 Å². The van der Waals surface area contributed by atoms with E-state index in [1.807, 2.05) is 19.1 Å². The number of carbonyl (C=O) groups excluding carboxylic acids is 2. The Bertz CT molecular complexity index is 904. The predicted molar refractivity (Wildman–Crippen MR) is 99.6 cm³/mol. The van der Waals surface area contributed by atoms with Crippen LogP contribution in [0, 0.1) is 6.92 Å². The van der Waals surface area contributed by atoms with Gasteiger partial charge in [0.1, 0.15) is 11.4 Å². The zero-order chi connectivity index (χ0) is 18.5. The first-order valence-electron chi connectivity index (χ1n) is 8.12. The molecular formula is C21H18N2O3. The van der Waals surface area contributed by atoms with Crippen molar-refractivity contribution in [1.82, 2.24) is 4.98 Å². The highest BCUT2D eigenvalue weighted by atomic mass is 16.5. The Balaban J connectivity index is 1.69. The van der Waals surface area contributed by atoms with E-state index < -0.39 is 5.97 Å². The molecule has 1 aromatic heterocycles. The lowest BCUT2D eigenvalue weighted by Gasteiger charge is -2.18. The van der Waals surface area contributed by atoms with E-state index in [2.05, 4.69) is 4.98 Å². The summed E-state index contributed by atoms with van der Waals surface area (Å²) in [7, 11) is 1.71. The van der Waals surface area contributed by atoms with Gasteiger partial charge in [0.15, 0.2) is 0 Å². The number of esters is 1. The maximum Gasteiger partial charge on any atom is 0.362 e. The smallest absolute Gasteiger partial charge is 0.362 e. The molecule has 0 radical (unpaired) electrons. The summed E-state index contributed by atoms with van der Waals surface area (Å²) in [6, 6.07) is 19.2.